The molecular formula is C17H15F3N6O. The number of alkyl halides is 3. The molecule has 1 fully saturated rings. The Labute approximate surface area is 151 Å². The zero-order valence-corrected chi connectivity index (χ0v) is 14.0. The molecule has 0 spiro atoms. The Morgan fingerprint density at radius 1 is 1.19 bits per heavy atom. The third kappa shape index (κ3) is 3.55. The maximum Gasteiger partial charge on any atom is 0.417 e. The molecule has 7 nitrogen and oxygen atoms in total. The number of H-pyrrole nitrogens is 1. The smallest absolute Gasteiger partial charge is 0.354 e. The largest absolute Gasteiger partial charge is 0.417 e. The average molecular weight is 376 g/mol. The van der Waals surface area contributed by atoms with Gasteiger partial charge in [0.2, 0.25) is 0 Å². The maximum atomic E-state index is 12.6. The number of nitrogens with one attached hydrogen (secondary N) is 2. The van der Waals surface area contributed by atoms with Gasteiger partial charge < -0.3 is 10.2 Å². The van der Waals surface area contributed by atoms with Crippen molar-refractivity contribution in [1.82, 2.24) is 25.7 Å². The number of hydrogen-bond donors (Lipinski definition) is 2. The minimum absolute atomic E-state index is 0.116. The minimum Gasteiger partial charge on any atom is -0.354 e. The van der Waals surface area contributed by atoms with Crippen LogP contribution in [0.15, 0.2) is 36.5 Å². The molecule has 1 aromatic carbocycles. The number of rotatable bonds is 3. The normalized spacial score (nSPS) is 17.4. The van der Waals surface area contributed by atoms with Crippen LogP contribution < -0.4 is 10.2 Å². The molecule has 0 radical (unpaired) electrons. The molecule has 1 unspecified atom stereocenters. The highest BCUT2D eigenvalue weighted by molar-refractivity contribution is 5.97. The van der Waals surface area contributed by atoms with Crippen LogP contribution >= 0.6 is 0 Å². The Balaban J connectivity index is 1.39. The van der Waals surface area contributed by atoms with E-state index in [9.17, 15) is 18.0 Å². The molecule has 2 aromatic heterocycles. The summed E-state index contributed by atoms with van der Waals surface area (Å²) in [5.41, 5.74) is 0.970. The van der Waals surface area contributed by atoms with E-state index in [4.69, 9.17) is 0 Å². The van der Waals surface area contributed by atoms with Crippen molar-refractivity contribution in [2.45, 2.75) is 18.6 Å². The van der Waals surface area contributed by atoms with Crippen molar-refractivity contribution in [2.24, 2.45) is 0 Å². The van der Waals surface area contributed by atoms with Crippen molar-refractivity contribution in [3.8, 4) is 0 Å². The number of fused-ring (bicyclic) bond motifs is 1. The van der Waals surface area contributed by atoms with Gasteiger partial charge in [0.1, 0.15) is 16.9 Å². The number of nitrogens with zero attached hydrogens (tertiary/aromatic N) is 4. The summed E-state index contributed by atoms with van der Waals surface area (Å²) in [6, 6.07) is 7.28. The van der Waals surface area contributed by atoms with Crippen LogP contribution in [0.4, 0.5) is 19.0 Å². The van der Waals surface area contributed by atoms with Crippen molar-refractivity contribution in [2.75, 3.05) is 18.0 Å². The highest BCUT2D eigenvalue weighted by Crippen LogP contribution is 2.30. The summed E-state index contributed by atoms with van der Waals surface area (Å²) in [5.74, 6) is 0.232. The quantitative estimate of drug-likeness (QED) is 0.733. The number of aromatic amines is 1. The second-order valence-corrected chi connectivity index (χ2v) is 6.34. The van der Waals surface area contributed by atoms with E-state index in [1.807, 2.05) is 4.90 Å². The molecule has 10 heteroatoms. The van der Waals surface area contributed by atoms with Crippen LogP contribution in [0.25, 0.3) is 11.0 Å². The van der Waals surface area contributed by atoms with Crippen LogP contribution in [0.2, 0.25) is 0 Å². The molecule has 1 atom stereocenters. The zero-order chi connectivity index (χ0) is 19.0. The third-order valence-corrected chi connectivity index (χ3v) is 4.50. The van der Waals surface area contributed by atoms with Crippen molar-refractivity contribution in [3.63, 3.8) is 0 Å². The van der Waals surface area contributed by atoms with Gasteiger partial charge in [-0.25, -0.2) is 4.98 Å². The van der Waals surface area contributed by atoms with Crippen LogP contribution in [0, 0.1) is 0 Å². The molecule has 4 rings (SSSR count). The summed E-state index contributed by atoms with van der Waals surface area (Å²) >= 11 is 0. The van der Waals surface area contributed by atoms with E-state index < -0.39 is 11.7 Å². The second-order valence-electron chi connectivity index (χ2n) is 6.34. The number of benzene rings is 1. The molecule has 1 aliphatic rings. The van der Waals surface area contributed by atoms with Gasteiger partial charge >= 0.3 is 6.18 Å². The first-order valence-electron chi connectivity index (χ1n) is 8.30. The second kappa shape index (κ2) is 6.53. The Bertz CT molecular complexity index is 969. The topological polar surface area (TPSA) is 86.8 Å². The number of carbonyl (C=O) groups excluding carboxylic acids is 1. The summed E-state index contributed by atoms with van der Waals surface area (Å²) in [6.07, 6.45) is -2.90. The fourth-order valence-electron chi connectivity index (χ4n) is 3.08. The van der Waals surface area contributed by atoms with Crippen LogP contribution in [0.3, 0.4) is 0 Å². The van der Waals surface area contributed by atoms with Crippen molar-refractivity contribution in [3.05, 3.63) is 47.7 Å². The summed E-state index contributed by atoms with van der Waals surface area (Å²) in [7, 11) is 0. The fraction of sp³-hybridized carbons (Fsp3) is 0.294. The molecule has 0 aliphatic carbocycles. The lowest BCUT2D eigenvalue weighted by Crippen LogP contribution is -2.37. The molecule has 2 N–H and O–H groups in total. The van der Waals surface area contributed by atoms with Crippen LogP contribution in [0.1, 0.15) is 22.3 Å². The zero-order valence-electron chi connectivity index (χ0n) is 14.0. The molecule has 3 aromatic rings. The van der Waals surface area contributed by atoms with Crippen molar-refractivity contribution >= 4 is 22.8 Å². The van der Waals surface area contributed by atoms with Gasteiger partial charge in [0.05, 0.1) is 5.56 Å². The van der Waals surface area contributed by atoms with Gasteiger partial charge in [-0.3, -0.25) is 4.79 Å². The number of pyridine rings is 1. The molecule has 1 aliphatic heterocycles. The molecular weight excluding hydrogens is 361 g/mol. The molecule has 1 saturated heterocycles. The number of carbonyl (C=O) groups is 1. The van der Waals surface area contributed by atoms with Crippen LogP contribution in [-0.2, 0) is 6.18 Å². The van der Waals surface area contributed by atoms with Gasteiger partial charge in [0.25, 0.3) is 5.91 Å². The average Bonchev–Trinajstić information content (AvgIpc) is 3.29. The van der Waals surface area contributed by atoms with Gasteiger partial charge in [-0.2, -0.15) is 28.6 Å². The molecule has 140 valence electrons. The molecule has 3 heterocycles. The lowest BCUT2D eigenvalue weighted by molar-refractivity contribution is -0.137. The summed E-state index contributed by atoms with van der Waals surface area (Å²) < 4.78 is 37.9. The summed E-state index contributed by atoms with van der Waals surface area (Å²) in [4.78, 5) is 18.2. The van der Waals surface area contributed by atoms with Gasteiger partial charge in [-0.05, 0) is 36.8 Å². The highest BCUT2D eigenvalue weighted by Gasteiger charge is 2.31. The molecule has 0 bridgehead atoms. The highest BCUT2D eigenvalue weighted by atomic mass is 19.4. The fourth-order valence-corrected chi connectivity index (χ4v) is 3.08. The summed E-state index contributed by atoms with van der Waals surface area (Å²) in [6.45, 7) is 1.09. The number of halogens is 3. The number of amides is 1. The number of aromatic nitrogens is 4. The van der Waals surface area contributed by atoms with E-state index >= 15 is 0 Å². The molecule has 1 amide bonds. The third-order valence-electron chi connectivity index (χ3n) is 4.50. The van der Waals surface area contributed by atoms with E-state index in [2.05, 4.69) is 25.7 Å². The Morgan fingerprint density at radius 2 is 2.00 bits per heavy atom. The number of hydrogen-bond acceptors (Lipinski definition) is 5. The first-order valence-corrected chi connectivity index (χ1v) is 8.30. The number of anilines is 1. The van der Waals surface area contributed by atoms with E-state index in [0.717, 1.165) is 12.3 Å². The molecule has 27 heavy (non-hydrogen) atoms. The lowest BCUT2D eigenvalue weighted by atomic mass is 10.1. The molecule has 0 saturated carbocycles. The van der Waals surface area contributed by atoms with Crippen LogP contribution in [-0.4, -0.2) is 45.4 Å². The predicted molar refractivity (Wildman–Crippen MR) is 91.2 cm³/mol. The van der Waals surface area contributed by atoms with Gasteiger partial charge in [-0.15, -0.1) is 0 Å². The van der Waals surface area contributed by atoms with Crippen molar-refractivity contribution < 1.29 is 18.0 Å². The minimum atomic E-state index is -4.40. The van der Waals surface area contributed by atoms with Gasteiger partial charge in [0.15, 0.2) is 0 Å². The predicted octanol–water partition coefficient (Wildman–Crippen LogP) is 2.38. The van der Waals surface area contributed by atoms with E-state index in [0.29, 0.717) is 41.9 Å². The van der Waals surface area contributed by atoms with Gasteiger partial charge in [0, 0.05) is 30.9 Å². The SMILES string of the molecule is O=C(NC1CCN(c2ccc(C(F)(F)F)cn2)C1)c1ccc2n[nH]nc2c1. The van der Waals surface area contributed by atoms with E-state index in [-0.39, 0.29) is 11.9 Å². The van der Waals surface area contributed by atoms with Crippen molar-refractivity contribution in [1.29, 1.82) is 0 Å². The Hall–Kier alpha value is -3.17. The van der Waals surface area contributed by atoms with Crippen LogP contribution in [0.5, 0.6) is 0 Å². The Morgan fingerprint density at radius 3 is 2.74 bits per heavy atom. The summed E-state index contributed by atoms with van der Waals surface area (Å²) in [5, 5.41) is 13.3. The van der Waals surface area contributed by atoms with Gasteiger partial charge in [-0.1, -0.05) is 0 Å². The first-order chi connectivity index (χ1) is 12.9. The Kier molecular flexibility index (Phi) is 4.17. The van der Waals surface area contributed by atoms with E-state index in [1.54, 1.807) is 18.2 Å². The first kappa shape index (κ1) is 17.3. The monoisotopic (exact) mass is 376 g/mol. The standard InChI is InChI=1S/C17H15F3N6O/c18-17(19,20)11-2-4-15(21-8-11)26-6-5-12(9-26)22-16(27)10-1-3-13-14(7-10)24-25-23-13/h1-4,7-8,12H,5-6,9H2,(H,22,27)(H,23,24,25). The lowest BCUT2D eigenvalue weighted by Gasteiger charge is -2.18. The van der Waals surface area contributed by atoms with E-state index in [1.165, 1.54) is 6.07 Å². The maximum absolute atomic E-state index is 12.6.